The molecular weight excluding hydrogens is 389 g/mol. The minimum Gasteiger partial charge on any atom is -0.497 e. The van der Waals surface area contributed by atoms with Gasteiger partial charge in [-0.15, -0.1) is 0 Å². The van der Waals surface area contributed by atoms with E-state index in [4.69, 9.17) is 42.1 Å². The summed E-state index contributed by atoms with van der Waals surface area (Å²) in [6.45, 7) is 0.273. The highest BCUT2D eigenvalue weighted by molar-refractivity contribution is 6.32. The van der Waals surface area contributed by atoms with Crippen LogP contribution in [-0.2, 0) is 6.61 Å². The minimum absolute atomic E-state index is 0.273. The van der Waals surface area contributed by atoms with Crippen LogP contribution in [0.5, 0.6) is 28.7 Å². The lowest BCUT2D eigenvalue weighted by Crippen LogP contribution is -1.99. The third kappa shape index (κ3) is 4.96. The Bertz CT molecular complexity index is 916. The number of hydrogen-bond acceptors (Lipinski definition) is 5. The molecule has 0 aliphatic heterocycles. The summed E-state index contributed by atoms with van der Waals surface area (Å²) in [5.41, 5.74) is 0.732. The summed E-state index contributed by atoms with van der Waals surface area (Å²) in [5, 5.41) is 0.930. The van der Waals surface area contributed by atoms with E-state index in [0.29, 0.717) is 38.8 Å². The quantitative estimate of drug-likeness (QED) is 0.498. The molecule has 0 unspecified atom stereocenters. The SMILES string of the molecule is COc1ccc(OCc2ccc(Oc3ccc(OC)cc3Cl)cn2)c(Cl)c1. The first-order valence-electron chi connectivity index (χ1n) is 8.01. The molecule has 0 bridgehead atoms. The van der Waals surface area contributed by atoms with Gasteiger partial charge in [0.1, 0.15) is 35.4 Å². The first-order valence-corrected chi connectivity index (χ1v) is 8.77. The number of ether oxygens (including phenoxy) is 4. The Morgan fingerprint density at radius 2 is 1.37 bits per heavy atom. The number of hydrogen-bond donors (Lipinski definition) is 0. The zero-order chi connectivity index (χ0) is 19.2. The van der Waals surface area contributed by atoms with Crippen molar-refractivity contribution < 1.29 is 18.9 Å². The summed E-state index contributed by atoms with van der Waals surface area (Å²) in [6, 6.07) is 14.0. The predicted octanol–water partition coefficient (Wildman–Crippen LogP) is 5.78. The normalized spacial score (nSPS) is 10.4. The van der Waals surface area contributed by atoms with Crippen LogP contribution in [0.2, 0.25) is 10.0 Å². The van der Waals surface area contributed by atoms with Crippen LogP contribution in [0.3, 0.4) is 0 Å². The predicted molar refractivity (Wildman–Crippen MR) is 105 cm³/mol. The van der Waals surface area contributed by atoms with E-state index >= 15 is 0 Å². The number of methoxy groups -OCH3 is 2. The lowest BCUT2D eigenvalue weighted by molar-refractivity contribution is 0.300. The van der Waals surface area contributed by atoms with Crippen LogP contribution in [0.4, 0.5) is 0 Å². The second kappa shape index (κ2) is 8.84. The molecular formula is C20H17Cl2NO4. The highest BCUT2D eigenvalue weighted by Crippen LogP contribution is 2.32. The third-order valence-corrected chi connectivity index (χ3v) is 4.27. The summed E-state index contributed by atoms with van der Waals surface area (Å²) in [7, 11) is 3.16. The number of aromatic nitrogens is 1. The molecule has 27 heavy (non-hydrogen) atoms. The zero-order valence-electron chi connectivity index (χ0n) is 14.7. The van der Waals surface area contributed by atoms with E-state index in [1.54, 1.807) is 62.9 Å². The maximum atomic E-state index is 6.18. The van der Waals surface area contributed by atoms with Crippen LogP contribution in [-0.4, -0.2) is 19.2 Å². The largest absolute Gasteiger partial charge is 0.497 e. The van der Waals surface area contributed by atoms with Crippen LogP contribution in [0.15, 0.2) is 54.7 Å². The van der Waals surface area contributed by atoms with Gasteiger partial charge in [0.15, 0.2) is 0 Å². The molecule has 0 aliphatic carbocycles. The van der Waals surface area contributed by atoms with E-state index in [0.717, 1.165) is 5.69 Å². The Morgan fingerprint density at radius 1 is 0.778 bits per heavy atom. The number of pyridine rings is 1. The van der Waals surface area contributed by atoms with Crippen molar-refractivity contribution in [2.75, 3.05) is 14.2 Å². The van der Waals surface area contributed by atoms with Crippen molar-refractivity contribution in [3.05, 3.63) is 70.5 Å². The molecule has 0 N–H and O–H groups in total. The smallest absolute Gasteiger partial charge is 0.146 e. The van der Waals surface area contributed by atoms with Crippen molar-refractivity contribution in [3.63, 3.8) is 0 Å². The highest BCUT2D eigenvalue weighted by Gasteiger charge is 2.07. The average molecular weight is 406 g/mol. The molecule has 140 valence electrons. The molecule has 3 rings (SSSR count). The Morgan fingerprint density at radius 3 is 1.89 bits per heavy atom. The molecule has 0 saturated heterocycles. The molecule has 0 spiro atoms. The molecule has 1 heterocycles. The van der Waals surface area contributed by atoms with E-state index in [1.165, 1.54) is 0 Å². The van der Waals surface area contributed by atoms with Gasteiger partial charge in [0, 0.05) is 12.1 Å². The van der Waals surface area contributed by atoms with E-state index in [2.05, 4.69) is 4.98 Å². The lowest BCUT2D eigenvalue weighted by atomic mass is 10.3. The van der Waals surface area contributed by atoms with Crippen LogP contribution in [0.25, 0.3) is 0 Å². The number of benzene rings is 2. The van der Waals surface area contributed by atoms with E-state index in [9.17, 15) is 0 Å². The second-order valence-electron chi connectivity index (χ2n) is 5.47. The molecule has 2 aromatic carbocycles. The molecule has 1 aromatic heterocycles. The van der Waals surface area contributed by atoms with E-state index < -0.39 is 0 Å². The maximum Gasteiger partial charge on any atom is 0.146 e. The lowest BCUT2D eigenvalue weighted by Gasteiger charge is -2.10. The fraction of sp³-hybridized carbons (Fsp3) is 0.150. The van der Waals surface area contributed by atoms with Gasteiger partial charge in [0.2, 0.25) is 0 Å². The molecule has 7 heteroatoms. The van der Waals surface area contributed by atoms with Crippen molar-refractivity contribution in [1.29, 1.82) is 0 Å². The number of halogens is 2. The third-order valence-electron chi connectivity index (χ3n) is 3.68. The zero-order valence-corrected chi connectivity index (χ0v) is 16.3. The summed E-state index contributed by atoms with van der Waals surface area (Å²) in [5.74, 6) is 2.98. The molecule has 0 radical (unpaired) electrons. The van der Waals surface area contributed by atoms with Crippen molar-refractivity contribution in [1.82, 2.24) is 4.98 Å². The number of rotatable bonds is 7. The Balaban J connectivity index is 1.62. The standard InChI is InChI=1S/C20H17Cl2NO4/c1-24-14-5-7-19(17(21)9-14)26-12-13-3-4-16(11-23-13)27-20-8-6-15(25-2)10-18(20)22/h3-11H,12H2,1-2H3. The molecule has 0 aliphatic rings. The van der Waals surface area contributed by atoms with Gasteiger partial charge >= 0.3 is 0 Å². The van der Waals surface area contributed by atoms with Crippen molar-refractivity contribution in [2.24, 2.45) is 0 Å². The summed E-state index contributed by atoms with van der Waals surface area (Å²) in [4.78, 5) is 4.33. The van der Waals surface area contributed by atoms with Gasteiger partial charge in [-0.1, -0.05) is 23.2 Å². The fourth-order valence-corrected chi connectivity index (χ4v) is 2.69. The van der Waals surface area contributed by atoms with Crippen molar-refractivity contribution in [2.45, 2.75) is 6.61 Å². The molecule has 3 aromatic rings. The second-order valence-corrected chi connectivity index (χ2v) is 6.28. The van der Waals surface area contributed by atoms with Gasteiger partial charge in [0.05, 0.1) is 36.2 Å². The molecule has 0 saturated carbocycles. The van der Waals surface area contributed by atoms with Gasteiger partial charge in [-0.25, -0.2) is 0 Å². The van der Waals surface area contributed by atoms with Gasteiger partial charge in [-0.2, -0.15) is 0 Å². The van der Waals surface area contributed by atoms with Gasteiger partial charge in [0.25, 0.3) is 0 Å². The van der Waals surface area contributed by atoms with Crippen LogP contribution in [0, 0.1) is 0 Å². The van der Waals surface area contributed by atoms with Crippen LogP contribution >= 0.6 is 23.2 Å². The van der Waals surface area contributed by atoms with E-state index in [1.807, 2.05) is 6.07 Å². The number of nitrogens with zero attached hydrogens (tertiary/aromatic N) is 1. The summed E-state index contributed by atoms with van der Waals surface area (Å²) >= 11 is 12.3. The first-order chi connectivity index (χ1) is 13.1. The molecule has 0 fully saturated rings. The van der Waals surface area contributed by atoms with Crippen LogP contribution < -0.4 is 18.9 Å². The monoisotopic (exact) mass is 405 g/mol. The topological polar surface area (TPSA) is 49.8 Å². The summed E-state index contributed by atoms with van der Waals surface area (Å²) < 4.78 is 21.7. The van der Waals surface area contributed by atoms with Crippen molar-refractivity contribution in [3.8, 4) is 28.7 Å². The van der Waals surface area contributed by atoms with Gasteiger partial charge in [-0.3, -0.25) is 4.98 Å². The molecule has 0 atom stereocenters. The maximum absolute atomic E-state index is 6.18. The van der Waals surface area contributed by atoms with E-state index in [-0.39, 0.29) is 6.61 Å². The minimum atomic E-state index is 0.273. The highest BCUT2D eigenvalue weighted by atomic mass is 35.5. The average Bonchev–Trinajstić information content (AvgIpc) is 2.69. The Labute approximate surface area is 167 Å². The van der Waals surface area contributed by atoms with Crippen LogP contribution in [0.1, 0.15) is 5.69 Å². The molecule has 0 amide bonds. The Hall–Kier alpha value is -2.63. The summed E-state index contributed by atoms with van der Waals surface area (Å²) in [6.07, 6.45) is 1.61. The first kappa shape index (κ1) is 19.1. The fourth-order valence-electron chi connectivity index (χ4n) is 2.25. The van der Waals surface area contributed by atoms with Gasteiger partial charge in [-0.05, 0) is 36.4 Å². The Kier molecular flexibility index (Phi) is 6.27. The van der Waals surface area contributed by atoms with Gasteiger partial charge < -0.3 is 18.9 Å². The van der Waals surface area contributed by atoms with Crippen molar-refractivity contribution >= 4 is 23.2 Å². The molecule has 5 nitrogen and oxygen atoms in total.